The second-order valence-electron chi connectivity index (χ2n) is 3.05. The van der Waals surface area contributed by atoms with Crippen LogP contribution in [0.2, 0.25) is 0 Å². The molecule has 1 aromatic rings. The van der Waals surface area contributed by atoms with Gasteiger partial charge in [0.05, 0.1) is 12.6 Å². The van der Waals surface area contributed by atoms with Gasteiger partial charge in [-0.05, 0) is 20.3 Å². The monoisotopic (exact) mass is 208 g/mol. The Morgan fingerprint density at radius 1 is 1.64 bits per heavy atom. The molecule has 0 saturated carbocycles. The van der Waals surface area contributed by atoms with Gasteiger partial charge in [-0.15, -0.1) is 17.3 Å². The van der Waals surface area contributed by atoms with E-state index < -0.39 is 0 Å². The van der Waals surface area contributed by atoms with Gasteiger partial charge in [0.1, 0.15) is 5.01 Å². The van der Waals surface area contributed by atoms with E-state index in [9.17, 15) is 0 Å². The van der Waals surface area contributed by atoms with Gasteiger partial charge in [0, 0.05) is 11.1 Å². The first-order valence-electron chi connectivity index (χ1n) is 4.85. The van der Waals surface area contributed by atoms with E-state index in [2.05, 4.69) is 36.0 Å². The van der Waals surface area contributed by atoms with Crippen LogP contribution in [0.15, 0.2) is 6.20 Å². The SMILES string of the molecule is CC#CCNC(C)c1ncc(CC)s1. The first-order valence-corrected chi connectivity index (χ1v) is 5.67. The molecule has 1 atom stereocenters. The van der Waals surface area contributed by atoms with Crippen molar-refractivity contribution in [1.82, 2.24) is 10.3 Å². The summed E-state index contributed by atoms with van der Waals surface area (Å²) in [4.78, 5) is 5.72. The number of aryl methyl sites for hydroxylation is 1. The first-order chi connectivity index (χ1) is 6.77. The van der Waals surface area contributed by atoms with E-state index >= 15 is 0 Å². The van der Waals surface area contributed by atoms with Crippen molar-refractivity contribution in [2.75, 3.05) is 6.54 Å². The summed E-state index contributed by atoms with van der Waals surface area (Å²) < 4.78 is 0. The predicted octanol–water partition coefficient (Wildman–Crippen LogP) is 2.38. The molecule has 0 bridgehead atoms. The summed E-state index contributed by atoms with van der Waals surface area (Å²) >= 11 is 1.78. The van der Waals surface area contributed by atoms with Crippen LogP contribution in [0.5, 0.6) is 0 Å². The molecule has 0 aliphatic carbocycles. The maximum atomic E-state index is 4.37. The quantitative estimate of drug-likeness (QED) is 0.768. The number of thiazole rings is 1. The van der Waals surface area contributed by atoms with Crippen molar-refractivity contribution in [3.05, 3.63) is 16.1 Å². The fourth-order valence-electron chi connectivity index (χ4n) is 1.07. The molecular weight excluding hydrogens is 192 g/mol. The molecule has 0 aliphatic heterocycles. The number of nitrogens with one attached hydrogen (secondary N) is 1. The van der Waals surface area contributed by atoms with Gasteiger partial charge in [-0.3, -0.25) is 5.32 Å². The summed E-state index contributed by atoms with van der Waals surface area (Å²) in [6.45, 7) is 6.86. The van der Waals surface area contributed by atoms with Crippen molar-refractivity contribution in [1.29, 1.82) is 0 Å². The molecular formula is C11H16N2S. The molecule has 0 aliphatic rings. The lowest BCUT2D eigenvalue weighted by Crippen LogP contribution is -2.18. The maximum absolute atomic E-state index is 4.37. The molecule has 14 heavy (non-hydrogen) atoms. The van der Waals surface area contributed by atoms with Gasteiger partial charge in [-0.25, -0.2) is 4.98 Å². The van der Waals surface area contributed by atoms with Crippen molar-refractivity contribution in [2.24, 2.45) is 0 Å². The predicted molar refractivity (Wildman–Crippen MR) is 61.4 cm³/mol. The van der Waals surface area contributed by atoms with E-state index in [1.165, 1.54) is 4.88 Å². The van der Waals surface area contributed by atoms with Gasteiger partial charge in [0.25, 0.3) is 0 Å². The van der Waals surface area contributed by atoms with E-state index in [-0.39, 0.29) is 0 Å². The normalized spacial score (nSPS) is 11.9. The Morgan fingerprint density at radius 2 is 2.43 bits per heavy atom. The molecule has 0 amide bonds. The molecule has 1 unspecified atom stereocenters. The molecule has 1 heterocycles. The largest absolute Gasteiger partial charge is 0.297 e. The zero-order valence-electron chi connectivity index (χ0n) is 8.92. The summed E-state index contributed by atoms with van der Waals surface area (Å²) in [7, 11) is 0. The van der Waals surface area contributed by atoms with E-state index in [1.54, 1.807) is 11.3 Å². The van der Waals surface area contributed by atoms with Gasteiger partial charge in [0.2, 0.25) is 0 Å². The number of hydrogen-bond acceptors (Lipinski definition) is 3. The lowest BCUT2D eigenvalue weighted by atomic mass is 10.3. The van der Waals surface area contributed by atoms with Crippen molar-refractivity contribution < 1.29 is 0 Å². The number of aromatic nitrogens is 1. The van der Waals surface area contributed by atoms with Crippen LogP contribution in [0, 0.1) is 11.8 Å². The van der Waals surface area contributed by atoms with Crippen molar-refractivity contribution in [3.8, 4) is 11.8 Å². The minimum Gasteiger partial charge on any atom is -0.297 e. The molecule has 1 rings (SSSR count). The fourth-order valence-corrected chi connectivity index (χ4v) is 1.95. The van der Waals surface area contributed by atoms with Gasteiger partial charge < -0.3 is 0 Å². The van der Waals surface area contributed by atoms with Gasteiger partial charge >= 0.3 is 0 Å². The van der Waals surface area contributed by atoms with Crippen molar-refractivity contribution in [3.63, 3.8) is 0 Å². The highest BCUT2D eigenvalue weighted by Crippen LogP contribution is 2.19. The standard InChI is InChI=1S/C11H16N2S/c1-4-6-7-12-9(3)11-13-8-10(5-2)14-11/h8-9,12H,5,7H2,1-3H3. The Labute approximate surface area is 89.8 Å². The molecule has 2 nitrogen and oxygen atoms in total. The zero-order chi connectivity index (χ0) is 10.4. The molecule has 1 aromatic heterocycles. The molecule has 0 radical (unpaired) electrons. The molecule has 0 spiro atoms. The van der Waals surface area contributed by atoms with Crippen LogP contribution >= 0.6 is 11.3 Å². The second-order valence-corrected chi connectivity index (χ2v) is 4.19. The summed E-state index contributed by atoms with van der Waals surface area (Å²) in [6, 6.07) is 0.307. The van der Waals surface area contributed by atoms with Crippen LogP contribution in [0.3, 0.4) is 0 Å². The Bertz CT molecular complexity index is 333. The highest BCUT2D eigenvalue weighted by atomic mass is 32.1. The van der Waals surface area contributed by atoms with Crippen molar-refractivity contribution in [2.45, 2.75) is 33.2 Å². The third-order valence-electron chi connectivity index (χ3n) is 1.96. The smallest absolute Gasteiger partial charge is 0.109 e. The number of rotatable bonds is 4. The maximum Gasteiger partial charge on any atom is 0.109 e. The summed E-state index contributed by atoms with van der Waals surface area (Å²) in [5.41, 5.74) is 0. The minimum atomic E-state index is 0.307. The molecule has 0 saturated heterocycles. The summed E-state index contributed by atoms with van der Waals surface area (Å²) in [5, 5.41) is 4.46. The summed E-state index contributed by atoms with van der Waals surface area (Å²) in [5.74, 6) is 5.85. The minimum absolute atomic E-state index is 0.307. The van der Waals surface area contributed by atoms with Crippen LogP contribution in [0.4, 0.5) is 0 Å². The van der Waals surface area contributed by atoms with Crippen LogP contribution in [0.25, 0.3) is 0 Å². The molecule has 0 aromatic carbocycles. The molecule has 76 valence electrons. The van der Waals surface area contributed by atoms with Gasteiger partial charge in [-0.1, -0.05) is 12.8 Å². The number of hydrogen-bond donors (Lipinski definition) is 1. The first kappa shape index (κ1) is 11.2. The van der Waals surface area contributed by atoms with Crippen LogP contribution < -0.4 is 5.32 Å². The van der Waals surface area contributed by atoms with Crippen LogP contribution in [-0.4, -0.2) is 11.5 Å². The van der Waals surface area contributed by atoms with E-state index in [4.69, 9.17) is 0 Å². The lowest BCUT2D eigenvalue weighted by molar-refractivity contribution is 0.619. The average Bonchev–Trinajstić information content (AvgIpc) is 2.66. The average molecular weight is 208 g/mol. The van der Waals surface area contributed by atoms with Crippen LogP contribution in [-0.2, 0) is 6.42 Å². The highest BCUT2D eigenvalue weighted by Gasteiger charge is 2.07. The zero-order valence-corrected chi connectivity index (χ0v) is 9.74. The van der Waals surface area contributed by atoms with E-state index in [1.807, 2.05) is 13.1 Å². The number of nitrogens with zero attached hydrogens (tertiary/aromatic N) is 1. The Balaban J connectivity index is 2.49. The fraction of sp³-hybridized carbons (Fsp3) is 0.545. The Hall–Kier alpha value is -0.850. The van der Waals surface area contributed by atoms with E-state index in [0.717, 1.165) is 18.0 Å². The Morgan fingerprint density at radius 3 is 3.00 bits per heavy atom. The molecule has 3 heteroatoms. The van der Waals surface area contributed by atoms with Gasteiger partial charge in [-0.2, -0.15) is 0 Å². The second kappa shape index (κ2) is 5.79. The molecule has 1 N–H and O–H groups in total. The summed E-state index contributed by atoms with van der Waals surface area (Å²) in [6.07, 6.45) is 3.03. The topological polar surface area (TPSA) is 24.9 Å². The lowest BCUT2D eigenvalue weighted by Gasteiger charge is -2.07. The van der Waals surface area contributed by atoms with Crippen LogP contribution in [0.1, 0.15) is 36.7 Å². The highest BCUT2D eigenvalue weighted by molar-refractivity contribution is 7.11. The van der Waals surface area contributed by atoms with E-state index in [0.29, 0.717) is 6.04 Å². The van der Waals surface area contributed by atoms with Gasteiger partial charge in [0.15, 0.2) is 0 Å². The Kier molecular flexibility index (Phi) is 4.64. The van der Waals surface area contributed by atoms with Crippen molar-refractivity contribution >= 4 is 11.3 Å². The third-order valence-corrected chi connectivity index (χ3v) is 3.29. The third kappa shape index (κ3) is 3.13. The molecule has 0 fully saturated rings.